The molecule has 3 amide bonds. The number of carbonyl (C=O) groups is 3. The van der Waals surface area contributed by atoms with Gasteiger partial charge < -0.3 is 10.6 Å². The molecule has 0 bridgehead atoms. The molecular weight excluding hydrogens is 376 g/mol. The Labute approximate surface area is 165 Å². The van der Waals surface area contributed by atoms with E-state index in [9.17, 15) is 14.4 Å². The van der Waals surface area contributed by atoms with Crippen LogP contribution in [0.15, 0.2) is 60.0 Å². The monoisotopic (exact) mass is 394 g/mol. The summed E-state index contributed by atoms with van der Waals surface area (Å²) in [5.74, 6) is -0.327. The summed E-state index contributed by atoms with van der Waals surface area (Å²) in [7, 11) is 0. The summed E-state index contributed by atoms with van der Waals surface area (Å²) in [5, 5.41) is 10.2. The van der Waals surface area contributed by atoms with E-state index in [1.807, 2.05) is 18.2 Å². The summed E-state index contributed by atoms with van der Waals surface area (Å²) in [6.45, 7) is 1.47. The maximum Gasteiger partial charge on any atom is 0.325 e. The molecule has 1 aromatic heterocycles. The molecule has 2 aromatic carbocycles. The average molecular weight is 394 g/mol. The number of ketones is 1. The van der Waals surface area contributed by atoms with Crippen LogP contribution in [0.2, 0.25) is 0 Å². The van der Waals surface area contributed by atoms with E-state index in [0.29, 0.717) is 27.8 Å². The van der Waals surface area contributed by atoms with Gasteiger partial charge in [0.2, 0.25) is 5.91 Å². The van der Waals surface area contributed by atoms with Gasteiger partial charge in [0.1, 0.15) is 0 Å². The van der Waals surface area contributed by atoms with Gasteiger partial charge in [0, 0.05) is 22.3 Å². The van der Waals surface area contributed by atoms with Crippen molar-refractivity contribution in [2.75, 3.05) is 16.0 Å². The first-order valence-electron chi connectivity index (χ1n) is 8.48. The fraction of sp³-hybridized carbons (Fsp3) is 0.100. The zero-order chi connectivity index (χ0) is 19.9. The van der Waals surface area contributed by atoms with E-state index < -0.39 is 6.03 Å². The Morgan fingerprint density at radius 2 is 1.68 bits per heavy atom. The van der Waals surface area contributed by atoms with Gasteiger partial charge in [-0.3, -0.25) is 14.9 Å². The quantitative estimate of drug-likeness (QED) is 0.546. The lowest BCUT2D eigenvalue weighted by atomic mass is 10.1. The highest BCUT2D eigenvalue weighted by Gasteiger charge is 2.11. The number of aromatic nitrogens is 1. The van der Waals surface area contributed by atoms with E-state index in [1.165, 1.54) is 18.3 Å². The van der Waals surface area contributed by atoms with Gasteiger partial charge in [-0.25, -0.2) is 9.78 Å². The number of urea groups is 1. The van der Waals surface area contributed by atoms with Gasteiger partial charge in [0.25, 0.3) is 0 Å². The van der Waals surface area contributed by atoms with Gasteiger partial charge in [0.15, 0.2) is 10.9 Å². The summed E-state index contributed by atoms with van der Waals surface area (Å²) in [5.41, 5.74) is 2.29. The number of carbonyl (C=O) groups excluding carboxylic acids is 3. The van der Waals surface area contributed by atoms with Crippen molar-refractivity contribution < 1.29 is 14.4 Å². The van der Waals surface area contributed by atoms with E-state index in [-0.39, 0.29) is 18.1 Å². The summed E-state index contributed by atoms with van der Waals surface area (Å²) in [6.07, 6.45) is 0.0583. The number of hydrogen-bond donors (Lipinski definition) is 3. The molecule has 28 heavy (non-hydrogen) atoms. The molecule has 142 valence electrons. The molecule has 0 unspecified atom stereocenters. The van der Waals surface area contributed by atoms with Gasteiger partial charge >= 0.3 is 6.03 Å². The first kappa shape index (κ1) is 19.2. The molecule has 0 spiro atoms. The van der Waals surface area contributed by atoms with Crippen molar-refractivity contribution in [1.29, 1.82) is 0 Å². The predicted molar refractivity (Wildman–Crippen MR) is 110 cm³/mol. The molecule has 3 N–H and O–H groups in total. The number of Topliss-reactive ketones (excluding diaryl/α,β-unsaturated/α-hetero) is 1. The van der Waals surface area contributed by atoms with Crippen LogP contribution in [0.3, 0.4) is 0 Å². The molecule has 8 heteroatoms. The van der Waals surface area contributed by atoms with Gasteiger partial charge in [0.05, 0.1) is 12.1 Å². The molecule has 0 radical (unpaired) electrons. The van der Waals surface area contributed by atoms with Crippen LogP contribution in [0.1, 0.15) is 23.0 Å². The number of rotatable bonds is 6. The van der Waals surface area contributed by atoms with Crippen molar-refractivity contribution in [3.63, 3.8) is 0 Å². The molecule has 0 atom stereocenters. The third-order valence-corrected chi connectivity index (χ3v) is 4.50. The normalized spacial score (nSPS) is 10.2. The summed E-state index contributed by atoms with van der Waals surface area (Å²) in [6, 6.07) is 15.4. The molecule has 7 nitrogen and oxygen atoms in total. The molecule has 0 aliphatic rings. The molecule has 0 saturated heterocycles. The number of anilines is 3. The van der Waals surface area contributed by atoms with Crippen molar-refractivity contribution in [3.8, 4) is 0 Å². The number of benzene rings is 2. The molecule has 0 aliphatic carbocycles. The molecular formula is C20H18N4O3S. The van der Waals surface area contributed by atoms with Crippen LogP contribution >= 0.6 is 11.3 Å². The van der Waals surface area contributed by atoms with Crippen LogP contribution < -0.4 is 16.0 Å². The lowest BCUT2D eigenvalue weighted by Gasteiger charge is -2.05. The highest BCUT2D eigenvalue weighted by atomic mass is 32.1. The van der Waals surface area contributed by atoms with Crippen LogP contribution in [0.4, 0.5) is 21.3 Å². The van der Waals surface area contributed by atoms with Crippen LogP contribution in [-0.2, 0) is 11.2 Å². The van der Waals surface area contributed by atoms with Crippen LogP contribution in [0, 0.1) is 0 Å². The second-order valence-corrected chi connectivity index (χ2v) is 6.81. The van der Waals surface area contributed by atoms with Gasteiger partial charge in [-0.15, -0.1) is 11.3 Å². The van der Waals surface area contributed by atoms with Crippen molar-refractivity contribution in [3.05, 3.63) is 71.2 Å². The molecule has 0 saturated carbocycles. The van der Waals surface area contributed by atoms with Crippen LogP contribution in [0.25, 0.3) is 0 Å². The lowest BCUT2D eigenvalue weighted by molar-refractivity contribution is -0.115. The standard InChI is InChI=1S/C20H18N4O3S/c1-13(25)14-6-5-9-16(10-14)21-18(26)11-17-12-28-20(23-17)24-19(27)22-15-7-3-2-4-8-15/h2-10,12H,11H2,1H3,(H,21,26)(H2,22,23,24,27). The van der Waals surface area contributed by atoms with E-state index >= 15 is 0 Å². The largest absolute Gasteiger partial charge is 0.326 e. The van der Waals surface area contributed by atoms with E-state index in [4.69, 9.17) is 0 Å². The minimum absolute atomic E-state index is 0.0583. The lowest BCUT2D eigenvalue weighted by Crippen LogP contribution is -2.19. The predicted octanol–water partition coefficient (Wildman–Crippen LogP) is 4.17. The van der Waals surface area contributed by atoms with E-state index in [2.05, 4.69) is 20.9 Å². The van der Waals surface area contributed by atoms with Crippen molar-refractivity contribution in [1.82, 2.24) is 4.98 Å². The van der Waals surface area contributed by atoms with Gasteiger partial charge in [-0.2, -0.15) is 0 Å². The Kier molecular flexibility index (Phi) is 6.13. The number of amides is 3. The second kappa shape index (κ2) is 8.92. The number of nitrogens with zero attached hydrogens (tertiary/aromatic N) is 1. The zero-order valence-electron chi connectivity index (χ0n) is 15.1. The SMILES string of the molecule is CC(=O)c1cccc(NC(=O)Cc2csc(NC(=O)Nc3ccccc3)n2)c1. The molecule has 0 fully saturated rings. The minimum Gasteiger partial charge on any atom is -0.326 e. The summed E-state index contributed by atoms with van der Waals surface area (Å²) in [4.78, 5) is 39.9. The van der Waals surface area contributed by atoms with Crippen LogP contribution in [-0.4, -0.2) is 22.7 Å². The Hall–Kier alpha value is -3.52. The summed E-state index contributed by atoms with van der Waals surface area (Å²) < 4.78 is 0. The summed E-state index contributed by atoms with van der Waals surface area (Å²) >= 11 is 1.24. The third-order valence-electron chi connectivity index (χ3n) is 3.70. The number of nitrogens with one attached hydrogen (secondary N) is 3. The first-order chi connectivity index (χ1) is 13.5. The second-order valence-electron chi connectivity index (χ2n) is 5.95. The Balaban J connectivity index is 1.54. The van der Waals surface area contributed by atoms with Crippen molar-refractivity contribution in [2.45, 2.75) is 13.3 Å². The topological polar surface area (TPSA) is 100 Å². The zero-order valence-corrected chi connectivity index (χ0v) is 15.9. The minimum atomic E-state index is -0.405. The molecule has 3 aromatic rings. The first-order valence-corrected chi connectivity index (χ1v) is 9.36. The Morgan fingerprint density at radius 1 is 0.929 bits per heavy atom. The number of para-hydroxylation sites is 1. The number of thiazole rings is 1. The van der Waals surface area contributed by atoms with Crippen molar-refractivity contribution in [2.24, 2.45) is 0 Å². The smallest absolute Gasteiger partial charge is 0.325 e. The van der Waals surface area contributed by atoms with E-state index in [1.54, 1.807) is 41.8 Å². The fourth-order valence-electron chi connectivity index (χ4n) is 2.41. The third kappa shape index (κ3) is 5.49. The van der Waals surface area contributed by atoms with E-state index in [0.717, 1.165) is 0 Å². The number of hydrogen-bond acceptors (Lipinski definition) is 5. The molecule has 0 aliphatic heterocycles. The van der Waals surface area contributed by atoms with Crippen molar-refractivity contribution >= 4 is 45.6 Å². The Bertz CT molecular complexity index is 1000. The maximum absolute atomic E-state index is 12.2. The van der Waals surface area contributed by atoms with Gasteiger partial charge in [-0.1, -0.05) is 30.3 Å². The van der Waals surface area contributed by atoms with Crippen LogP contribution in [0.5, 0.6) is 0 Å². The Morgan fingerprint density at radius 3 is 2.43 bits per heavy atom. The highest BCUT2D eigenvalue weighted by molar-refractivity contribution is 7.14. The maximum atomic E-state index is 12.2. The molecule has 1 heterocycles. The van der Waals surface area contributed by atoms with Gasteiger partial charge in [-0.05, 0) is 31.2 Å². The highest BCUT2D eigenvalue weighted by Crippen LogP contribution is 2.17. The fourth-order valence-corrected chi connectivity index (χ4v) is 3.12. The average Bonchev–Trinajstić information content (AvgIpc) is 3.09. The molecule has 3 rings (SSSR count).